The molecule has 0 bridgehead atoms. The predicted octanol–water partition coefficient (Wildman–Crippen LogP) is 1.99. The number of benzene rings is 2. The second kappa shape index (κ2) is 4.87. The Hall–Kier alpha value is -2.36. The Balaban J connectivity index is 2.60. The Morgan fingerprint density at radius 1 is 1.17 bits per heavy atom. The summed E-state index contributed by atoms with van der Waals surface area (Å²) in [5, 5.41) is 4.23. The summed E-state index contributed by atoms with van der Waals surface area (Å²) in [6.07, 6.45) is 0. The topological polar surface area (TPSA) is 55.4 Å². The molecule has 0 aliphatic rings. The summed E-state index contributed by atoms with van der Waals surface area (Å²) in [6, 6.07) is 10.5. The summed E-state index contributed by atoms with van der Waals surface area (Å²) in [6.45, 7) is 0. The van der Waals surface area contributed by atoms with Gasteiger partial charge in [0.25, 0.3) is 5.91 Å². The molecule has 0 atom stereocenters. The summed E-state index contributed by atoms with van der Waals surface area (Å²) < 4.78 is 4.67. The number of carbonyl (C=O) groups excluding carboxylic acids is 2. The molecule has 0 aliphatic heterocycles. The lowest BCUT2D eigenvalue weighted by Gasteiger charge is -2.06. The van der Waals surface area contributed by atoms with Crippen molar-refractivity contribution in [2.75, 3.05) is 14.2 Å². The Morgan fingerprint density at radius 3 is 2.61 bits per heavy atom. The first kappa shape index (κ1) is 12.1. The number of carbonyl (C=O) groups is 2. The lowest BCUT2D eigenvalue weighted by atomic mass is 10.0. The fourth-order valence-electron chi connectivity index (χ4n) is 1.86. The predicted molar refractivity (Wildman–Crippen MR) is 68.7 cm³/mol. The van der Waals surface area contributed by atoms with Gasteiger partial charge in [-0.15, -0.1) is 0 Å². The molecule has 2 rings (SSSR count). The van der Waals surface area contributed by atoms with E-state index >= 15 is 0 Å². The average molecular weight is 243 g/mol. The fourth-order valence-corrected chi connectivity index (χ4v) is 1.86. The molecule has 1 amide bonds. The Morgan fingerprint density at radius 2 is 1.94 bits per heavy atom. The molecule has 4 heteroatoms. The number of hydrogen-bond acceptors (Lipinski definition) is 3. The van der Waals surface area contributed by atoms with Crippen LogP contribution in [0.25, 0.3) is 10.8 Å². The smallest absolute Gasteiger partial charge is 0.337 e. The van der Waals surface area contributed by atoms with Crippen molar-refractivity contribution in [3.8, 4) is 0 Å². The number of esters is 1. The summed E-state index contributed by atoms with van der Waals surface area (Å²) in [7, 11) is 2.93. The number of methoxy groups -OCH3 is 1. The van der Waals surface area contributed by atoms with Crippen molar-refractivity contribution in [1.29, 1.82) is 0 Å². The van der Waals surface area contributed by atoms with Crippen molar-refractivity contribution in [3.05, 3.63) is 47.5 Å². The maximum Gasteiger partial charge on any atom is 0.337 e. The fraction of sp³-hybridized carbons (Fsp3) is 0.143. The van der Waals surface area contributed by atoms with Crippen LogP contribution in [0.5, 0.6) is 0 Å². The van der Waals surface area contributed by atoms with Gasteiger partial charge in [-0.1, -0.05) is 18.2 Å². The molecule has 0 fully saturated rings. The Bertz CT molecular complexity index is 619. The first-order chi connectivity index (χ1) is 8.67. The number of nitrogens with one attached hydrogen (secondary N) is 1. The molecule has 0 aliphatic carbocycles. The Labute approximate surface area is 105 Å². The molecule has 0 spiro atoms. The van der Waals surface area contributed by atoms with Gasteiger partial charge in [0.15, 0.2) is 0 Å². The third-order valence-electron chi connectivity index (χ3n) is 2.77. The van der Waals surface area contributed by atoms with E-state index in [1.807, 2.05) is 6.07 Å². The molecule has 92 valence electrons. The second-order valence-corrected chi connectivity index (χ2v) is 3.81. The van der Waals surface area contributed by atoms with Crippen molar-refractivity contribution in [3.63, 3.8) is 0 Å². The number of hydrogen-bond donors (Lipinski definition) is 1. The van der Waals surface area contributed by atoms with Crippen molar-refractivity contribution >= 4 is 22.6 Å². The molecule has 0 unspecified atom stereocenters. The van der Waals surface area contributed by atoms with Gasteiger partial charge in [-0.25, -0.2) is 4.79 Å². The molecule has 4 nitrogen and oxygen atoms in total. The van der Waals surface area contributed by atoms with Gasteiger partial charge in [-0.2, -0.15) is 0 Å². The summed E-state index contributed by atoms with van der Waals surface area (Å²) >= 11 is 0. The highest BCUT2D eigenvalue weighted by Gasteiger charge is 2.10. The molecule has 0 radical (unpaired) electrons. The van der Waals surface area contributed by atoms with E-state index < -0.39 is 0 Å². The first-order valence-corrected chi connectivity index (χ1v) is 5.50. The van der Waals surface area contributed by atoms with Crippen molar-refractivity contribution < 1.29 is 14.3 Å². The van der Waals surface area contributed by atoms with E-state index in [0.717, 1.165) is 10.8 Å². The van der Waals surface area contributed by atoms with Crippen LogP contribution in [0, 0.1) is 0 Å². The first-order valence-electron chi connectivity index (χ1n) is 5.50. The largest absolute Gasteiger partial charge is 0.465 e. The van der Waals surface area contributed by atoms with Gasteiger partial charge in [0.05, 0.1) is 12.7 Å². The monoisotopic (exact) mass is 243 g/mol. The van der Waals surface area contributed by atoms with Crippen molar-refractivity contribution in [1.82, 2.24) is 5.32 Å². The summed E-state index contributed by atoms with van der Waals surface area (Å²) in [5.41, 5.74) is 1.06. The van der Waals surface area contributed by atoms with Gasteiger partial charge in [-0.3, -0.25) is 4.79 Å². The zero-order valence-corrected chi connectivity index (χ0v) is 10.2. The molecule has 1 N–H and O–H groups in total. The van der Waals surface area contributed by atoms with Crippen LogP contribution < -0.4 is 5.32 Å². The molecule has 2 aromatic rings. The lowest BCUT2D eigenvalue weighted by molar-refractivity contribution is 0.0601. The molecular formula is C14H13NO3. The van der Waals surface area contributed by atoms with Crippen LogP contribution in [0.3, 0.4) is 0 Å². The van der Waals surface area contributed by atoms with Gasteiger partial charge < -0.3 is 10.1 Å². The van der Waals surface area contributed by atoms with Crippen LogP contribution in [0.1, 0.15) is 20.7 Å². The van der Waals surface area contributed by atoms with Gasteiger partial charge in [0, 0.05) is 12.6 Å². The van der Waals surface area contributed by atoms with Gasteiger partial charge in [0.1, 0.15) is 0 Å². The standard InChI is InChI=1S/C14H13NO3/c1-15-13(16)12-5-3-4-9-8-10(14(17)18-2)6-7-11(9)12/h3-8H,1-2H3,(H,15,16). The molecule has 0 aromatic heterocycles. The van der Waals surface area contributed by atoms with E-state index in [2.05, 4.69) is 10.1 Å². The quantitative estimate of drug-likeness (QED) is 0.820. The van der Waals surface area contributed by atoms with Crippen LogP contribution >= 0.6 is 0 Å². The number of fused-ring (bicyclic) bond motifs is 1. The lowest BCUT2D eigenvalue weighted by Crippen LogP contribution is -2.18. The highest BCUT2D eigenvalue weighted by molar-refractivity contribution is 6.08. The molecule has 0 saturated carbocycles. The van der Waals surface area contributed by atoms with Gasteiger partial charge in [-0.05, 0) is 29.0 Å². The SMILES string of the molecule is CNC(=O)c1cccc2cc(C(=O)OC)ccc12. The minimum absolute atomic E-state index is 0.147. The van der Waals surface area contributed by atoms with E-state index in [-0.39, 0.29) is 11.9 Å². The second-order valence-electron chi connectivity index (χ2n) is 3.81. The van der Waals surface area contributed by atoms with Crippen LogP contribution in [-0.4, -0.2) is 26.0 Å². The normalized spacial score (nSPS) is 10.1. The highest BCUT2D eigenvalue weighted by atomic mass is 16.5. The maximum absolute atomic E-state index is 11.7. The molecule has 2 aromatic carbocycles. The minimum Gasteiger partial charge on any atom is -0.465 e. The maximum atomic E-state index is 11.7. The average Bonchev–Trinajstić information content (AvgIpc) is 2.44. The molecule has 0 saturated heterocycles. The number of ether oxygens (including phenoxy) is 1. The zero-order chi connectivity index (χ0) is 13.1. The van der Waals surface area contributed by atoms with Crippen LogP contribution in [0.15, 0.2) is 36.4 Å². The third kappa shape index (κ3) is 2.05. The summed E-state index contributed by atoms with van der Waals surface area (Å²) in [4.78, 5) is 23.1. The van der Waals surface area contributed by atoms with Crippen molar-refractivity contribution in [2.45, 2.75) is 0 Å². The number of rotatable bonds is 2. The van der Waals surface area contributed by atoms with Crippen LogP contribution in [0.2, 0.25) is 0 Å². The molecule has 18 heavy (non-hydrogen) atoms. The van der Waals surface area contributed by atoms with Crippen LogP contribution in [0.4, 0.5) is 0 Å². The highest BCUT2D eigenvalue weighted by Crippen LogP contribution is 2.20. The van der Waals surface area contributed by atoms with E-state index in [9.17, 15) is 9.59 Å². The Kier molecular flexibility index (Phi) is 3.28. The van der Waals surface area contributed by atoms with E-state index in [1.165, 1.54) is 7.11 Å². The van der Waals surface area contributed by atoms with Crippen molar-refractivity contribution in [2.24, 2.45) is 0 Å². The number of amides is 1. The zero-order valence-electron chi connectivity index (χ0n) is 10.2. The minimum atomic E-state index is -0.387. The van der Waals surface area contributed by atoms with E-state index in [4.69, 9.17) is 0 Å². The summed E-state index contributed by atoms with van der Waals surface area (Å²) in [5.74, 6) is -0.534. The van der Waals surface area contributed by atoms with Gasteiger partial charge in [0.2, 0.25) is 0 Å². The van der Waals surface area contributed by atoms with Gasteiger partial charge >= 0.3 is 5.97 Å². The molecule has 0 heterocycles. The third-order valence-corrected chi connectivity index (χ3v) is 2.77. The van der Waals surface area contributed by atoms with Crippen LogP contribution in [-0.2, 0) is 4.74 Å². The molecular weight excluding hydrogens is 230 g/mol. The van der Waals surface area contributed by atoms with E-state index in [0.29, 0.717) is 11.1 Å². The van der Waals surface area contributed by atoms with E-state index in [1.54, 1.807) is 37.4 Å².